The molecule has 0 radical (unpaired) electrons. The summed E-state index contributed by atoms with van der Waals surface area (Å²) in [4.78, 5) is 17.9. The zero-order valence-corrected chi connectivity index (χ0v) is 66.9. The average molecular weight is 1450 g/mol. The normalized spacial score (nSPS) is 14.5. The number of benzene rings is 4. The topological polar surface area (TPSA) is 120 Å². The second-order valence-corrected chi connectivity index (χ2v) is 30.4. The number of pyridine rings is 8. The molecule has 12 aromatic heterocycles. The second kappa shape index (κ2) is 30.5. The molecular weight excluding hydrogens is 1330 g/mol. The molecule has 0 spiro atoms. The first-order chi connectivity index (χ1) is 55.0. The second-order valence-electron chi connectivity index (χ2n) is 30.4. The molecule has 16 rings (SSSR count). The number of hydrogen-bond acceptors (Lipinski definition) is 8. The molecule has 0 saturated heterocycles. The number of aryl methyl sites for hydroxylation is 12. The van der Waals surface area contributed by atoms with Crippen LogP contribution in [0.4, 0.5) is 0 Å². The summed E-state index contributed by atoms with van der Waals surface area (Å²) in [5, 5.41) is 8.18. The molecule has 108 heavy (non-hydrogen) atoms. The number of aromatic nitrogens is 8. The number of hydrogen-bond donors (Lipinski definition) is 0. The van der Waals surface area contributed by atoms with E-state index in [-0.39, 0.29) is 11.1 Å². The predicted molar refractivity (Wildman–Crippen MR) is 444 cm³/mol. The fraction of sp³-hybridized carbons (Fsp3) is 0.333. The van der Waals surface area contributed by atoms with Crippen molar-refractivity contribution in [1.29, 1.82) is 0 Å². The zero-order chi connectivity index (χ0) is 84.9. The van der Waals surface area contributed by atoms with Gasteiger partial charge in [0.25, 0.3) is 0 Å². The van der Waals surface area contributed by atoms with Gasteiger partial charge in [-0.3, -0.25) is 0 Å². The van der Waals surface area contributed by atoms with E-state index in [1.54, 1.807) is 24.0 Å². The molecule has 2 atom stereocenters. The molecule has 12 nitrogen and oxygen atoms in total. The summed E-state index contributed by atoms with van der Waals surface area (Å²) in [6, 6.07) is 41.2. The lowest BCUT2D eigenvalue weighted by molar-refractivity contribution is -0.661. The van der Waals surface area contributed by atoms with Gasteiger partial charge in [-0.15, -0.1) is 0 Å². The van der Waals surface area contributed by atoms with Gasteiger partial charge in [-0.2, -0.15) is 0 Å². The van der Waals surface area contributed by atoms with Gasteiger partial charge in [0.15, 0.2) is 47.1 Å². The van der Waals surface area contributed by atoms with Gasteiger partial charge in [0.05, 0.1) is 22.3 Å². The van der Waals surface area contributed by atoms with Crippen LogP contribution in [0.5, 0.6) is 0 Å². The van der Waals surface area contributed by atoms with E-state index in [4.69, 9.17) is 30.0 Å². The third-order valence-corrected chi connectivity index (χ3v) is 21.3. The van der Waals surface area contributed by atoms with E-state index < -0.39 is 31.4 Å². The Balaban J connectivity index is 0.000000136. The van der Waals surface area contributed by atoms with Crippen LogP contribution in [0.3, 0.4) is 0 Å². The van der Waals surface area contributed by atoms with Crippen molar-refractivity contribution < 1.29 is 48.3 Å². The first kappa shape index (κ1) is 64.5. The van der Waals surface area contributed by atoms with Gasteiger partial charge < -0.3 is 17.7 Å². The zero-order valence-electron chi connectivity index (χ0n) is 75.9. The van der Waals surface area contributed by atoms with Crippen LogP contribution in [-0.2, 0) is 41.0 Å². The minimum Gasteiger partial charge on any atom is -0.437 e. The van der Waals surface area contributed by atoms with Gasteiger partial charge in [0.1, 0.15) is 28.2 Å². The van der Waals surface area contributed by atoms with Crippen LogP contribution in [0.25, 0.3) is 133 Å². The molecular formula is C96H108N8O4+4. The first-order valence-corrected chi connectivity index (χ1v) is 37.7. The molecule has 4 aromatic carbocycles. The van der Waals surface area contributed by atoms with Crippen LogP contribution in [0.2, 0.25) is 0 Å². The largest absolute Gasteiger partial charge is 0.437 e. The predicted octanol–water partition coefficient (Wildman–Crippen LogP) is 23.6. The Morgan fingerprint density at radius 3 is 0.972 bits per heavy atom. The summed E-state index contributed by atoms with van der Waals surface area (Å²) in [7, 11) is 8.03. The molecule has 0 fully saturated rings. The van der Waals surface area contributed by atoms with Gasteiger partial charge in [0.2, 0.25) is 45.6 Å². The summed E-state index contributed by atoms with van der Waals surface area (Å²) < 4.78 is 107. The molecule has 0 saturated carbocycles. The molecule has 0 aliphatic rings. The fourth-order valence-corrected chi connectivity index (χ4v) is 15.5. The molecule has 0 amide bonds. The van der Waals surface area contributed by atoms with Crippen LogP contribution in [0.15, 0.2) is 176 Å². The van der Waals surface area contributed by atoms with Crippen LogP contribution in [0, 0.1) is 41.5 Å². The van der Waals surface area contributed by atoms with Gasteiger partial charge in [-0.05, 0) is 183 Å². The number of rotatable bonds is 12. The Labute approximate surface area is 649 Å². The van der Waals surface area contributed by atoms with Gasteiger partial charge in [-0.1, -0.05) is 145 Å². The maximum absolute atomic E-state index is 8.81. The van der Waals surface area contributed by atoms with E-state index in [0.29, 0.717) is 57.4 Å². The molecule has 16 aromatic rings. The summed E-state index contributed by atoms with van der Waals surface area (Å²) in [5.74, 6) is -3.62. The summed E-state index contributed by atoms with van der Waals surface area (Å²) in [6.45, 7) is 31.0. The number of furan rings is 4. The van der Waals surface area contributed by atoms with Crippen molar-refractivity contribution in [1.82, 2.24) is 19.9 Å². The SMILES string of the molecule is CCc1cc(-c2c(C)ccc3c2oc2nc(C)ccc23)[n+](C)cc1C(C)C.CCc1cc(-c2c(C)ccc3c2oc2ncccc23)[n+](C)cc1C(C)C.[2H]C(C)(C)c1cc(-c2c(C)ccc3c2oc2nc(C)ccc23)[n+](C)cc1C(C)C.[2H]C([2H])([2H])C([2H])(C)c1cc(-c2c(C)ccc3c2oc2ncccc23)[n+](C)cc1C([2H])(C)C([2H])([2H])[2H]. The molecule has 0 N–H and O–H groups in total. The Bertz CT molecular complexity index is 6570. The monoisotopic (exact) mass is 1450 g/mol. The Morgan fingerprint density at radius 2 is 0.639 bits per heavy atom. The molecule has 2 unspecified atom stereocenters. The maximum atomic E-state index is 8.81. The molecule has 12 heterocycles. The Morgan fingerprint density at radius 1 is 0.343 bits per heavy atom. The Hall–Kier alpha value is -10.7. The first-order valence-electron chi connectivity index (χ1n) is 42.2. The average Bonchev–Trinajstić information content (AvgIpc) is 1.72. The van der Waals surface area contributed by atoms with Crippen molar-refractivity contribution in [2.75, 3.05) is 0 Å². The van der Waals surface area contributed by atoms with Crippen molar-refractivity contribution in [2.24, 2.45) is 28.2 Å². The van der Waals surface area contributed by atoms with Crippen LogP contribution >= 0.6 is 0 Å². The third-order valence-electron chi connectivity index (χ3n) is 21.3. The quantitative estimate of drug-likeness (QED) is 0.111. The van der Waals surface area contributed by atoms with Crippen molar-refractivity contribution >= 4 is 88.3 Å². The van der Waals surface area contributed by atoms with Gasteiger partial charge in [-0.25, -0.2) is 38.2 Å². The van der Waals surface area contributed by atoms with Crippen LogP contribution < -0.4 is 18.3 Å². The highest BCUT2D eigenvalue weighted by Gasteiger charge is 2.30. The van der Waals surface area contributed by atoms with Crippen molar-refractivity contribution in [3.05, 3.63) is 237 Å². The molecule has 0 aliphatic heterocycles. The molecule has 12 heteroatoms. The van der Waals surface area contributed by atoms with E-state index in [0.717, 1.165) is 123 Å². The van der Waals surface area contributed by atoms with Crippen molar-refractivity contribution in [3.8, 4) is 45.0 Å². The van der Waals surface area contributed by atoms with Crippen molar-refractivity contribution in [2.45, 2.75) is 187 Å². The summed E-state index contributed by atoms with van der Waals surface area (Å²) in [5.41, 5.74) is 28.0. The van der Waals surface area contributed by atoms with Gasteiger partial charge in [0, 0.05) is 126 Å². The lowest BCUT2D eigenvalue weighted by atomic mass is 9.90. The number of nitrogens with zero attached hydrogens (tertiary/aromatic N) is 8. The van der Waals surface area contributed by atoms with Crippen molar-refractivity contribution in [3.63, 3.8) is 0 Å². The molecule has 0 bridgehead atoms. The standard InChI is InChI=1S/C25H29N2O.2C24H27N2O.C23H25N2O/c1-14(2)20-12-22(27(7)13-21(20)15(3)4)23-16(5)8-10-18-19-11-9-17(6)26-25(19)28-24(18)23;1-14(2)19-12-21(26(6)13-20(19)15(3)4)22-16(5)9-10-17-18-8-7-11-25-24(18)27-23(17)22;1-7-17-12-21(26(6)13-20(17)14(2)3)22-15(4)8-10-18-19-11-9-16(5)25-24(19)27-23(18)22;1-6-16-12-20(25(5)13-19(16)14(2)3)21-15(4)9-10-17-18-8-7-11-24-23(18)26-22(17)21/h8-15H,1-7H3;7-15H,1-6H3;8-14H,7H2,1-6H3;7-14H,6H2,1-5H3/q4*+1/i14D;1D3,3D3,14D,15D;;. The lowest BCUT2D eigenvalue weighted by Crippen LogP contribution is -2.32. The smallest absolute Gasteiger partial charge is 0.227 e. The molecule has 552 valence electrons. The highest BCUT2D eigenvalue weighted by Crippen LogP contribution is 2.43. The molecule has 0 aliphatic carbocycles. The van der Waals surface area contributed by atoms with E-state index in [1.807, 2.05) is 77.1 Å². The highest BCUT2D eigenvalue weighted by molar-refractivity contribution is 6.12. The third kappa shape index (κ3) is 14.1. The minimum atomic E-state index is -2.77. The summed E-state index contributed by atoms with van der Waals surface area (Å²) in [6.07, 6.45) is 13.7. The van der Waals surface area contributed by atoms with E-state index in [1.165, 1.54) is 76.4 Å². The summed E-state index contributed by atoms with van der Waals surface area (Å²) >= 11 is 0. The van der Waals surface area contributed by atoms with E-state index >= 15 is 0 Å². The fourth-order valence-electron chi connectivity index (χ4n) is 15.5. The highest BCUT2D eigenvalue weighted by atomic mass is 16.4. The van der Waals surface area contributed by atoms with Gasteiger partial charge >= 0.3 is 0 Å². The van der Waals surface area contributed by atoms with Crippen LogP contribution in [-0.4, -0.2) is 19.9 Å². The van der Waals surface area contributed by atoms with E-state index in [9.17, 15) is 0 Å². The minimum absolute atomic E-state index is 0.0338. The van der Waals surface area contributed by atoms with E-state index in [2.05, 4.69) is 222 Å². The Kier molecular flexibility index (Phi) is 18.2. The number of fused-ring (bicyclic) bond motifs is 12. The maximum Gasteiger partial charge on any atom is 0.227 e. The van der Waals surface area contributed by atoms with Crippen LogP contribution in [0.1, 0.15) is 223 Å². The lowest BCUT2D eigenvalue weighted by Gasteiger charge is -2.16.